The molecule has 2 aromatic rings. The van der Waals surface area contributed by atoms with E-state index in [1.54, 1.807) is 13.0 Å². The highest BCUT2D eigenvalue weighted by atomic mass is 35.5. The summed E-state index contributed by atoms with van der Waals surface area (Å²) in [4.78, 5) is 12.2. The second-order valence-corrected chi connectivity index (χ2v) is 5.95. The zero-order chi connectivity index (χ0) is 16.8. The summed E-state index contributed by atoms with van der Waals surface area (Å²) in [5, 5.41) is 6.58. The Morgan fingerprint density at radius 3 is 2.52 bits per heavy atom. The van der Waals surface area contributed by atoms with Crippen LogP contribution in [0.2, 0.25) is 5.02 Å². The number of benzene rings is 2. The maximum atomic E-state index is 12.2. The van der Waals surface area contributed by atoms with Gasteiger partial charge < -0.3 is 5.32 Å². The standard InChI is InChI=1S/C18H17ClN2OS/c1-12-11-15(19)8-9-16(12)20-18(23)21-17(22)13(2)10-14-6-4-3-5-7-14/h3-11H,1-2H3,(H2,20,21,22,23). The first-order chi connectivity index (χ1) is 11.0. The summed E-state index contributed by atoms with van der Waals surface area (Å²) >= 11 is 11.1. The summed E-state index contributed by atoms with van der Waals surface area (Å²) in [5.74, 6) is -0.238. The van der Waals surface area contributed by atoms with Crippen LogP contribution in [0.15, 0.2) is 54.1 Å². The van der Waals surface area contributed by atoms with E-state index in [4.69, 9.17) is 23.8 Å². The number of aryl methyl sites for hydroxylation is 1. The Morgan fingerprint density at radius 2 is 1.87 bits per heavy atom. The summed E-state index contributed by atoms with van der Waals surface area (Å²) in [6.45, 7) is 3.66. The first-order valence-corrected chi connectivity index (χ1v) is 7.86. The maximum Gasteiger partial charge on any atom is 0.253 e. The Balaban J connectivity index is 1.99. The van der Waals surface area contributed by atoms with Crippen LogP contribution in [0.3, 0.4) is 0 Å². The van der Waals surface area contributed by atoms with Gasteiger partial charge in [-0.2, -0.15) is 0 Å². The van der Waals surface area contributed by atoms with Gasteiger partial charge in [0.2, 0.25) is 0 Å². The lowest BCUT2D eigenvalue weighted by molar-refractivity contribution is -0.116. The van der Waals surface area contributed by atoms with Gasteiger partial charge in [0.1, 0.15) is 0 Å². The van der Waals surface area contributed by atoms with Crippen LogP contribution in [0.4, 0.5) is 5.69 Å². The second kappa shape index (κ2) is 7.90. The molecule has 1 amide bonds. The fourth-order valence-electron chi connectivity index (χ4n) is 1.99. The van der Waals surface area contributed by atoms with Crippen molar-refractivity contribution in [2.75, 3.05) is 5.32 Å². The monoisotopic (exact) mass is 344 g/mol. The summed E-state index contributed by atoms with van der Waals surface area (Å²) in [7, 11) is 0. The molecule has 23 heavy (non-hydrogen) atoms. The summed E-state index contributed by atoms with van der Waals surface area (Å²) in [6, 6.07) is 15.1. The second-order valence-electron chi connectivity index (χ2n) is 5.11. The Morgan fingerprint density at radius 1 is 1.17 bits per heavy atom. The van der Waals surface area contributed by atoms with E-state index >= 15 is 0 Å². The molecule has 2 N–H and O–H groups in total. The Kier molecular flexibility index (Phi) is 5.90. The molecule has 0 aromatic heterocycles. The van der Waals surface area contributed by atoms with E-state index in [0.717, 1.165) is 16.8 Å². The van der Waals surface area contributed by atoms with Crippen molar-refractivity contribution in [1.82, 2.24) is 5.32 Å². The summed E-state index contributed by atoms with van der Waals surface area (Å²) in [6.07, 6.45) is 1.81. The van der Waals surface area contributed by atoms with E-state index in [-0.39, 0.29) is 11.0 Å². The minimum Gasteiger partial charge on any atom is -0.332 e. The number of hydrogen-bond donors (Lipinski definition) is 2. The molecule has 0 spiro atoms. The molecule has 0 aliphatic heterocycles. The molecule has 0 atom stereocenters. The number of rotatable bonds is 3. The van der Waals surface area contributed by atoms with Gasteiger partial charge in [-0.25, -0.2) is 0 Å². The molecule has 0 saturated carbocycles. The third-order valence-electron chi connectivity index (χ3n) is 3.20. The molecule has 0 heterocycles. The van der Waals surface area contributed by atoms with Gasteiger partial charge in [0.25, 0.3) is 5.91 Å². The number of carbonyl (C=O) groups excluding carboxylic acids is 1. The van der Waals surface area contributed by atoms with Crippen LogP contribution in [0.25, 0.3) is 6.08 Å². The van der Waals surface area contributed by atoms with Crippen LogP contribution >= 0.6 is 23.8 Å². The van der Waals surface area contributed by atoms with Crippen molar-refractivity contribution in [2.45, 2.75) is 13.8 Å². The molecular formula is C18H17ClN2OS. The van der Waals surface area contributed by atoms with Gasteiger partial charge in [0.05, 0.1) is 0 Å². The highest BCUT2D eigenvalue weighted by Gasteiger charge is 2.08. The molecule has 2 aromatic carbocycles. The van der Waals surface area contributed by atoms with Gasteiger partial charge in [-0.05, 0) is 61.5 Å². The molecular weight excluding hydrogens is 328 g/mol. The average Bonchev–Trinajstić information content (AvgIpc) is 2.51. The van der Waals surface area contributed by atoms with E-state index in [9.17, 15) is 4.79 Å². The predicted molar refractivity (Wildman–Crippen MR) is 101 cm³/mol. The number of halogens is 1. The molecule has 118 valence electrons. The molecule has 3 nitrogen and oxygen atoms in total. The van der Waals surface area contributed by atoms with Gasteiger partial charge in [-0.1, -0.05) is 41.9 Å². The smallest absolute Gasteiger partial charge is 0.253 e. The van der Waals surface area contributed by atoms with Crippen LogP contribution in [-0.2, 0) is 4.79 Å². The fraction of sp³-hybridized carbons (Fsp3) is 0.111. The average molecular weight is 345 g/mol. The number of amides is 1. The molecule has 2 rings (SSSR count). The van der Waals surface area contributed by atoms with Crippen molar-refractivity contribution < 1.29 is 4.79 Å². The maximum absolute atomic E-state index is 12.2. The zero-order valence-corrected chi connectivity index (χ0v) is 14.5. The van der Waals surface area contributed by atoms with Crippen molar-refractivity contribution in [3.8, 4) is 0 Å². The Hall–Kier alpha value is -2.17. The predicted octanol–water partition coefficient (Wildman–Crippen LogP) is 4.56. The fourth-order valence-corrected chi connectivity index (χ4v) is 2.42. The number of nitrogens with one attached hydrogen (secondary N) is 2. The minimum absolute atomic E-state index is 0.238. The molecule has 0 saturated heterocycles. The lowest BCUT2D eigenvalue weighted by Gasteiger charge is -2.12. The van der Waals surface area contributed by atoms with E-state index in [1.807, 2.05) is 55.5 Å². The van der Waals surface area contributed by atoms with E-state index in [0.29, 0.717) is 10.6 Å². The molecule has 0 unspecified atom stereocenters. The normalized spacial score (nSPS) is 11.0. The largest absolute Gasteiger partial charge is 0.332 e. The van der Waals surface area contributed by atoms with E-state index in [2.05, 4.69) is 10.6 Å². The first-order valence-electron chi connectivity index (χ1n) is 7.07. The quantitative estimate of drug-likeness (QED) is 0.633. The topological polar surface area (TPSA) is 41.1 Å². The third-order valence-corrected chi connectivity index (χ3v) is 3.64. The molecule has 0 radical (unpaired) electrons. The Bertz CT molecular complexity index is 757. The molecule has 0 bridgehead atoms. The highest BCUT2D eigenvalue weighted by molar-refractivity contribution is 7.80. The molecule has 5 heteroatoms. The lowest BCUT2D eigenvalue weighted by atomic mass is 10.1. The van der Waals surface area contributed by atoms with Crippen molar-refractivity contribution in [3.05, 3.63) is 70.3 Å². The molecule has 0 aliphatic carbocycles. The van der Waals surface area contributed by atoms with E-state index < -0.39 is 0 Å². The number of thiocarbonyl (C=S) groups is 1. The lowest BCUT2D eigenvalue weighted by Crippen LogP contribution is -2.34. The zero-order valence-electron chi connectivity index (χ0n) is 12.9. The van der Waals surface area contributed by atoms with Gasteiger partial charge in [-0.15, -0.1) is 0 Å². The first kappa shape index (κ1) is 17.2. The van der Waals surface area contributed by atoms with Gasteiger partial charge in [0.15, 0.2) is 5.11 Å². The van der Waals surface area contributed by atoms with Crippen molar-refractivity contribution in [2.24, 2.45) is 0 Å². The van der Waals surface area contributed by atoms with Crippen LogP contribution in [0.1, 0.15) is 18.1 Å². The van der Waals surface area contributed by atoms with Gasteiger partial charge in [-0.3, -0.25) is 10.1 Å². The van der Waals surface area contributed by atoms with Crippen molar-refractivity contribution in [1.29, 1.82) is 0 Å². The summed E-state index contributed by atoms with van der Waals surface area (Å²) < 4.78 is 0. The van der Waals surface area contributed by atoms with Gasteiger partial charge >= 0.3 is 0 Å². The molecule has 0 fully saturated rings. The van der Waals surface area contributed by atoms with Crippen LogP contribution < -0.4 is 10.6 Å². The Labute approximate surface area is 146 Å². The summed E-state index contributed by atoms with van der Waals surface area (Å²) in [5.41, 5.74) is 3.30. The van der Waals surface area contributed by atoms with Crippen LogP contribution in [0.5, 0.6) is 0 Å². The minimum atomic E-state index is -0.238. The number of anilines is 1. The van der Waals surface area contributed by atoms with Crippen molar-refractivity contribution in [3.63, 3.8) is 0 Å². The number of hydrogen-bond acceptors (Lipinski definition) is 2. The number of carbonyl (C=O) groups is 1. The third kappa shape index (κ3) is 5.20. The highest BCUT2D eigenvalue weighted by Crippen LogP contribution is 2.19. The molecule has 0 aliphatic rings. The van der Waals surface area contributed by atoms with Crippen LogP contribution in [-0.4, -0.2) is 11.0 Å². The van der Waals surface area contributed by atoms with Crippen molar-refractivity contribution >= 4 is 46.6 Å². The van der Waals surface area contributed by atoms with Gasteiger partial charge in [0, 0.05) is 16.3 Å². The van der Waals surface area contributed by atoms with Crippen LogP contribution in [0, 0.1) is 6.92 Å². The van der Waals surface area contributed by atoms with E-state index in [1.165, 1.54) is 0 Å². The SMILES string of the molecule is CC(=Cc1ccccc1)C(=O)NC(=S)Nc1ccc(Cl)cc1C.